The van der Waals surface area contributed by atoms with E-state index in [0.717, 1.165) is 51.7 Å². The van der Waals surface area contributed by atoms with Gasteiger partial charge in [0, 0.05) is 23.7 Å². The number of hydrogen-bond donors (Lipinski definition) is 1. The van der Waals surface area contributed by atoms with Gasteiger partial charge in [-0.25, -0.2) is 0 Å². The van der Waals surface area contributed by atoms with Gasteiger partial charge in [-0.15, -0.1) is 0 Å². The van der Waals surface area contributed by atoms with Gasteiger partial charge in [0.1, 0.15) is 11.2 Å². The second-order valence-corrected chi connectivity index (χ2v) is 11.5. The highest BCUT2D eigenvalue weighted by atomic mass is 16.7. The molecule has 1 spiro atoms. The monoisotopic (exact) mass is 374 g/mol. The molecule has 27 heavy (non-hydrogen) atoms. The van der Waals surface area contributed by atoms with E-state index < -0.39 is 5.79 Å². The predicted molar refractivity (Wildman–Crippen MR) is 101 cm³/mol. The number of aliphatic hydroxyl groups excluding tert-OH is 1. The fourth-order valence-electron chi connectivity index (χ4n) is 7.55. The summed E-state index contributed by atoms with van der Waals surface area (Å²) in [6.45, 7) is 8.30. The molecule has 0 radical (unpaired) electrons. The zero-order valence-electron chi connectivity index (χ0n) is 17.1. The van der Waals surface area contributed by atoms with Crippen molar-refractivity contribution in [2.45, 2.75) is 95.2 Å². The SMILES string of the molecule is CC1(C)COC2(CC[C@]34O[C@]3(CC[C@@H]3C4=CC[C@]4(C)[C@@H](O)CC[C@@H]34)C2)OC1. The summed E-state index contributed by atoms with van der Waals surface area (Å²) in [5, 5.41) is 10.6. The van der Waals surface area contributed by atoms with Gasteiger partial charge in [-0.05, 0) is 55.9 Å². The Balaban J connectivity index is 1.29. The van der Waals surface area contributed by atoms with E-state index in [1.54, 1.807) is 5.57 Å². The summed E-state index contributed by atoms with van der Waals surface area (Å²) in [5.74, 6) is 0.816. The Bertz CT molecular complexity index is 703. The topological polar surface area (TPSA) is 51.2 Å². The Morgan fingerprint density at radius 3 is 2.56 bits per heavy atom. The number of fused-ring (bicyclic) bond motifs is 3. The van der Waals surface area contributed by atoms with Crippen molar-refractivity contribution in [3.63, 3.8) is 0 Å². The molecule has 6 aliphatic rings. The number of hydrogen-bond acceptors (Lipinski definition) is 4. The molecule has 2 heterocycles. The summed E-state index contributed by atoms with van der Waals surface area (Å²) in [6.07, 6.45) is 10.7. The third-order valence-electron chi connectivity index (χ3n) is 9.26. The molecular formula is C23H34O4. The molecule has 6 rings (SSSR count). The first kappa shape index (κ1) is 17.4. The van der Waals surface area contributed by atoms with Crippen molar-refractivity contribution in [3.05, 3.63) is 11.6 Å². The van der Waals surface area contributed by atoms with E-state index in [1.165, 1.54) is 12.8 Å². The molecule has 150 valence electrons. The van der Waals surface area contributed by atoms with E-state index in [9.17, 15) is 5.11 Å². The molecule has 0 bridgehead atoms. The molecule has 4 heteroatoms. The molecule has 0 aromatic heterocycles. The van der Waals surface area contributed by atoms with E-state index in [-0.39, 0.29) is 28.1 Å². The number of ether oxygens (including phenoxy) is 3. The summed E-state index contributed by atoms with van der Waals surface area (Å²) in [6, 6.07) is 0. The maximum absolute atomic E-state index is 10.6. The highest BCUT2D eigenvalue weighted by Gasteiger charge is 2.79. The van der Waals surface area contributed by atoms with Crippen LogP contribution in [0.1, 0.15) is 72.1 Å². The van der Waals surface area contributed by atoms with Gasteiger partial charge in [-0.2, -0.15) is 0 Å². The summed E-state index contributed by atoms with van der Waals surface area (Å²) < 4.78 is 19.4. The third-order valence-corrected chi connectivity index (χ3v) is 9.26. The molecule has 6 atom stereocenters. The van der Waals surface area contributed by atoms with Crippen LogP contribution >= 0.6 is 0 Å². The molecule has 0 aromatic rings. The standard InChI is InChI=1S/C23H34O4/c1-19(2)13-25-22(26-14-19)10-11-23-17-7-8-20(3)16(4-5-18(20)24)15(17)6-9-21(23,12-22)27-23/h7,15-16,18,24H,4-6,8-14H2,1-3H3/t15-,16-,18-,20-,21+,23+/m0/s1. The average Bonchev–Trinajstić information content (AvgIpc) is 3.23. The lowest BCUT2D eigenvalue weighted by Crippen LogP contribution is -2.56. The number of allylic oxidation sites excluding steroid dienone is 1. The van der Waals surface area contributed by atoms with Crippen LogP contribution in [0.25, 0.3) is 0 Å². The van der Waals surface area contributed by atoms with Crippen LogP contribution in [0.15, 0.2) is 11.6 Å². The lowest BCUT2D eigenvalue weighted by atomic mass is 9.54. The van der Waals surface area contributed by atoms with Gasteiger partial charge >= 0.3 is 0 Å². The van der Waals surface area contributed by atoms with E-state index in [0.29, 0.717) is 11.8 Å². The summed E-state index contributed by atoms with van der Waals surface area (Å²) >= 11 is 0. The van der Waals surface area contributed by atoms with Gasteiger partial charge in [-0.1, -0.05) is 26.8 Å². The van der Waals surface area contributed by atoms with Crippen LogP contribution in [-0.2, 0) is 14.2 Å². The van der Waals surface area contributed by atoms with E-state index in [1.807, 2.05) is 0 Å². The highest BCUT2D eigenvalue weighted by molar-refractivity contribution is 5.43. The van der Waals surface area contributed by atoms with Crippen LogP contribution in [0.5, 0.6) is 0 Å². The van der Waals surface area contributed by atoms with Gasteiger partial charge in [-0.3, -0.25) is 0 Å². The Morgan fingerprint density at radius 1 is 1.00 bits per heavy atom. The van der Waals surface area contributed by atoms with E-state index >= 15 is 0 Å². The molecule has 4 nitrogen and oxygen atoms in total. The molecule has 3 saturated carbocycles. The molecule has 0 amide bonds. The molecule has 5 fully saturated rings. The van der Waals surface area contributed by atoms with Crippen molar-refractivity contribution < 1.29 is 19.3 Å². The van der Waals surface area contributed by atoms with Crippen LogP contribution in [0.2, 0.25) is 0 Å². The van der Waals surface area contributed by atoms with Crippen LogP contribution < -0.4 is 0 Å². The second kappa shape index (κ2) is 5.00. The summed E-state index contributed by atoms with van der Waals surface area (Å²) in [5.41, 5.74) is 1.67. The lowest BCUT2D eigenvalue weighted by molar-refractivity contribution is -0.313. The maximum atomic E-state index is 10.6. The predicted octanol–water partition coefficient (Wildman–Crippen LogP) is 3.96. The highest BCUT2D eigenvalue weighted by Crippen LogP contribution is 2.73. The minimum Gasteiger partial charge on any atom is -0.393 e. The summed E-state index contributed by atoms with van der Waals surface area (Å²) in [4.78, 5) is 0. The van der Waals surface area contributed by atoms with E-state index in [2.05, 4.69) is 26.8 Å². The summed E-state index contributed by atoms with van der Waals surface area (Å²) in [7, 11) is 0. The Morgan fingerprint density at radius 2 is 1.78 bits per heavy atom. The zero-order chi connectivity index (χ0) is 18.7. The van der Waals surface area contributed by atoms with Gasteiger partial charge < -0.3 is 19.3 Å². The fourth-order valence-corrected chi connectivity index (χ4v) is 7.55. The first-order valence-corrected chi connectivity index (χ1v) is 11.1. The van der Waals surface area contributed by atoms with Crippen molar-refractivity contribution in [2.75, 3.05) is 13.2 Å². The van der Waals surface area contributed by atoms with Crippen molar-refractivity contribution in [1.29, 1.82) is 0 Å². The zero-order valence-corrected chi connectivity index (χ0v) is 17.1. The molecule has 0 aromatic carbocycles. The van der Waals surface area contributed by atoms with E-state index in [4.69, 9.17) is 14.2 Å². The van der Waals surface area contributed by atoms with Gasteiger partial charge in [0.15, 0.2) is 5.79 Å². The number of aliphatic hydroxyl groups is 1. The van der Waals surface area contributed by atoms with Crippen molar-refractivity contribution >= 4 is 0 Å². The molecule has 1 N–H and O–H groups in total. The van der Waals surface area contributed by atoms with Crippen LogP contribution in [-0.4, -0.2) is 41.4 Å². The normalized spacial score (nSPS) is 54.4. The quantitative estimate of drug-likeness (QED) is 0.515. The number of epoxide rings is 1. The van der Waals surface area contributed by atoms with Gasteiger partial charge in [0.25, 0.3) is 0 Å². The lowest BCUT2D eigenvalue weighted by Gasteiger charge is -2.52. The first-order valence-electron chi connectivity index (χ1n) is 11.1. The van der Waals surface area contributed by atoms with Crippen molar-refractivity contribution in [1.82, 2.24) is 0 Å². The smallest absolute Gasteiger partial charge is 0.171 e. The molecular weight excluding hydrogens is 340 g/mol. The second-order valence-electron chi connectivity index (χ2n) is 11.5. The molecule has 2 aliphatic heterocycles. The maximum Gasteiger partial charge on any atom is 0.171 e. The van der Waals surface area contributed by atoms with Crippen LogP contribution in [0, 0.1) is 22.7 Å². The Kier molecular flexibility index (Phi) is 3.23. The van der Waals surface area contributed by atoms with Crippen molar-refractivity contribution in [2.24, 2.45) is 22.7 Å². The minimum absolute atomic E-state index is 0.0459. The Hall–Kier alpha value is -0.420. The molecule has 2 saturated heterocycles. The Labute approximate surface area is 162 Å². The minimum atomic E-state index is -0.421. The first-order chi connectivity index (χ1) is 12.7. The van der Waals surface area contributed by atoms with Gasteiger partial charge in [0.2, 0.25) is 0 Å². The van der Waals surface area contributed by atoms with Gasteiger partial charge in [0.05, 0.1) is 19.3 Å². The fraction of sp³-hybridized carbons (Fsp3) is 0.913. The molecule has 0 unspecified atom stereocenters. The molecule has 4 aliphatic carbocycles. The average molecular weight is 375 g/mol. The van der Waals surface area contributed by atoms with Crippen LogP contribution in [0.3, 0.4) is 0 Å². The van der Waals surface area contributed by atoms with Crippen molar-refractivity contribution in [3.8, 4) is 0 Å². The third kappa shape index (κ3) is 2.09. The largest absolute Gasteiger partial charge is 0.393 e. The number of rotatable bonds is 0. The van der Waals surface area contributed by atoms with Crippen LogP contribution in [0.4, 0.5) is 0 Å².